The Kier molecular flexibility index (Phi) is 5.38. The van der Waals surface area contributed by atoms with Crippen LogP contribution >= 0.6 is 11.3 Å². The molecule has 114 valence electrons. The van der Waals surface area contributed by atoms with Crippen molar-refractivity contribution in [3.8, 4) is 5.75 Å². The van der Waals surface area contributed by atoms with E-state index < -0.39 is 0 Å². The van der Waals surface area contributed by atoms with Gasteiger partial charge in [0, 0.05) is 13.1 Å². The highest BCUT2D eigenvalue weighted by atomic mass is 32.1. The van der Waals surface area contributed by atoms with Crippen molar-refractivity contribution in [3.05, 3.63) is 18.2 Å². The van der Waals surface area contributed by atoms with Gasteiger partial charge in [-0.3, -0.25) is 4.79 Å². The van der Waals surface area contributed by atoms with Gasteiger partial charge in [0.05, 0.1) is 23.4 Å². The monoisotopic (exact) mass is 307 g/mol. The van der Waals surface area contributed by atoms with E-state index in [2.05, 4.69) is 10.3 Å². The zero-order chi connectivity index (χ0) is 15.2. The summed E-state index contributed by atoms with van der Waals surface area (Å²) in [6.07, 6.45) is 0. The third-order valence-corrected chi connectivity index (χ3v) is 4.15. The third-order valence-electron chi connectivity index (χ3n) is 3.18. The van der Waals surface area contributed by atoms with Gasteiger partial charge in [0.1, 0.15) is 5.75 Å². The molecule has 6 heteroatoms. The first-order valence-corrected chi connectivity index (χ1v) is 8.04. The first-order chi connectivity index (χ1) is 10.2. The summed E-state index contributed by atoms with van der Waals surface area (Å²) >= 11 is 1.53. The molecular weight excluding hydrogens is 286 g/mol. The number of hydrogen-bond donors (Lipinski definition) is 1. The predicted molar refractivity (Wildman–Crippen MR) is 87.2 cm³/mol. The highest BCUT2D eigenvalue weighted by Gasteiger charge is 2.11. The van der Waals surface area contributed by atoms with E-state index in [-0.39, 0.29) is 12.5 Å². The van der Waals surface area contributed by atoms with E-state index in [9.17, 15) is 4.79 Å². The summed E-state index contributed by atoms with van der Waals surface area (Å²) < 4.78 is 6.53. The maximum absolute atomic E-state index is 12.0. The van der Waals surface area contributed by atoms with Crippen molar-refractivity contribution in [1.82, 2.24) is 9.88 Å². The molecule has 0 saturated carbocycles. The molecule has 21 heavy (non-hydrogen) atoms. The van der Waals surface area contributed by atoms with Gasteiger partial charge in [-0.1, -0.05) is 11.3 Å². The number of nitrogens with zero attached hydrogens (tertiary/aromatic N) is 2. The highest BCUT2D eigenvalue weighted by molar-refractivity contribution is 7.22. The average Bonchev–Trinajstić information content (AvgIpc) is 2.89. The molecule has 0 aliphatic rings. The van der Waals surface area contributed by atoms with Crippen LogP contribution in [0.3, 0.4) is 0 Å². The standard InChI is InChI=1S/C15H21N3O2S/c1-4-18(5-2)14(19)10-16-15-17-12-8-7-11(20-6-3)9-13(12)21-15/h7-9H,4-6,10H2,1-3H3,(H,16,17). The minimum Gasteiger partial charge on any atom is -0.494 e. The maximum Gasteiger partial charge on any atom is 0.241 e. The Morgan fingerprint density at radius 1 is 1.33 bits per heavy atom. The molecule has 1 amide bonds. The van der Waals surface area contributed by atoms with Crippen LogP contribution in [-0.4, -0.2) is 42.0 Å². The maximum atomic E-state index is 12.0. The molecule has 5 nitrogen and oxygen atoms in total. The number of fused-ring (bicyclic) bond motifs is 1. The lowest BCUT2D eigenvalue weighted by Crippen LogP contribution is -2.35. The third kappa shape index (κ3) is 3.85. The lowest BCUT2D eigenvalue weighted by Gasteiger charge is -2.18. The minimum absolute atomic E-state index is 0.0919. The number of carbonyl (C=O) groups is 1. The molecule has 0 spiro atoms. The normalized spacial score (nSPS) is 10.6. The summed E-state index contributed by atoms with van der Waals surface area (Å²) in [4.78, 5) is 18.2. The van der Waals surface area contributed by atoms with E-state index in [1.165, 1.54) is 11.3 Å². The second-order valence-electron chi connectivity index (χ2n) is 4.50. The summed E-state index contributed by atoms with van der Waals surface area (Å²) in [6.45, 7) is 8.31. The van der Waals surface area contributed by atoms with E-state index in [4.69, 9.17) is 4.74 Å². The van der Waals surface area contributed by atoms with Crippen molar-refractivity contribution in [1.29, 1.82) is 0 Å². The molecule has 2 rings (SSSR count). The molecule has 1 heterocycles. The number of thiazole rings is 1. The summed E-state index contributed by atoms with van der Waals surface area (Å²) in [5, 5.41) is 3.87. The number of anilines is 1. The molecule has 0 fully saturated rings. The van der Waals surface area contributed by atoms with Gasteiger partial charge < -0.3 is 15.0 Å². The van der Waals surface area contributed by atoms with Gasteiger partial charge in [-0.15, -0.1) is 0 Å². The van der Waals surface area contributed by atoms with Crippen LogP contribution in [0, 0.1) is 0 Å². The lowest BCUT2D eigenvalue weighted by molar-refractivity contribution is -0.128. The summed E-state index contributed by atoms with van der Waals surface area (Å²) in [6, 6.07) is 5.83. The Labute approximate surface area is 128 Å². The Balaban J connectivity index is 2.04. The van der Waals surface area contributed by atoms with Crippen molar-refractivity contribution in [2.24, 2.45) is 0 Å². The van der Waals surface area contributed by atoms with Crippen LogP contribution in [0.2, 0.25) is 0 Å². The Morgan fingerprint density at radius 3 is 2.76 bits per heavy atom. The summed E-state index contributed by atoms with van der Waals surface area (Å²) in [5.74, 6) is 0.939. The fourth-order valence-corrected chi connectivity index (χ4v) is 2.97. The van der Waals surface area contributed by atoms with Gasteiger partial charge in [-0.05, 0) is 39.0 Å². The number of rotatable bonds is 7. The van der Waals surface area contributed by atoms with Crippen LogP contribution in [0.25, 0.3) is 10.2 Å². The Bertz CT molecular complexity index is 608. The topological polar surface area (TPSA) is 54.5 Å². The molecule has 0 unspecified atom stereocenters. The van der Waals surface area contributed by atoms with E-state index in [0.717, 1.165) is 34.2 Å². The lowest BCUT2D eigenvalue weighted by atomic mass is 10.3. The Hall–Kier alpha value is -1.82. The molecule has 0 radical (unpaired) electrons. The second kappa shape index (κ2) is 7.26. The van der Waals surface area contributed by atoms with Crippen LogP contribution in [0.15, 0.2) is 18.2 Å². The molecule has 0 atom stereocenters. The molecule has 0 aliphatic heterocycles. The van der Waals surface area contributed by atoms with E-state index in [1.54, 1.807) is 4.90 Å². The highest BCUT2D eigenvalue weighted by Crippen LogP contribution is 2.29. The summed E-state index contributed by atoms with van der Waals surface area (Å²) in [5.41, 5.74) is 0.918. The molecule has 0 aliphatic carbocycles. The SMILES string of the molecule is CCOc1ccc2nc(NCC(=O)N(CC)CC)sc2c1. The van der Waals surface area contributed by atoms with Gasteiger partial charge in [-0.25, -0.2) is 4.98 Å². The quantitative estimate of drug-likeness (QED) is 0.854. The molecule has 0 saturated heterocycles. The molecule has 0 bridgehead atoms. The van der Waals surface area contributed by atoms with Gasteiger partial charge in [0.15, 0.2) is 5.13 Å². The van der Waals surface area contributed by atoms with Crippen LogP contribution in [0.5, 0.6) is 5.75 Å². The van der Waals surface area contributed by atoms with Crippen molar-refractivity contribution in [2.45, 2.75) is 20.8 Å². The number of benzene rings is 1. The smallest absolute Gasteiger partial charge is 0.241 e. The molecule has 1 aromatic carbocycles. The van der Waals surface area contributed by atoms with Crippen molar-refractivity contribution < 1.29 is 9.53 Å². The van der Waals surface area contributed by atoms with E-state index in [1.807, 2.05) is 39.0 Å². The van der Waals surface area contributed by atoms with Crippen molar-refractivity contribution in [2.75, 3.05) is 31.6 Å². The van der Waals surface area contributed by atoms with Gasteiger partial charge in [0.2, 0.25) is 5.91 Å². The number of likely N-dealkylation sites (N-methyl/N-ethyl adjacent to an activating group) is 1. The largest absolute Gasteiger partial charge is 0.494 e. The van der Waals surface area contributed by atoms with Crippen LogP contribution < -0.4 is 10.1 Å². The average molecular weight is 307 g/mol. The fourth-order valence-electron chi connectivity index (χ4n) is 2.08. The van der Waals surface area contributed by atoms with Gasteiger partial charge >= 0.3 is 0 Å². The van der Waals surface area contributed by atoms with Crippen LogP contribution in [0.4, 0.5) is 5.13 Å². The minimum atomic E-state index is 0.0919. The molecule has 2 aromatic rings. The first-order valence-electron chi connectivity index (χ1n) is 7.22. The number of ether oxygens (including phenoxy) is 1. The number of amides is 1. The van der Waals surface area contributed by atoms with Crippen molar-refractivity contribution >= 4 is 32.6 Å². The molecular formula is C15H21N3O2S. The van der Waals surface area contributed by atoms with Crippen LogP contribution in [0.1, 0.15) is 20.8 Å². The van der Waals surface area contributed by atoms with Gasteiger partial charge in [-0.2, -0.15) is 0 Å². The zero-order valence-corrected chi connectivity index (χ0v) is 13.5. The number of hydrogen-bond acceptors (Lipinski definition) is 5. The van der Waals surface area contributed by atoms with E-state index in [0.29, 0.717) is 6.61 Å². The summed E-state index contributed by atoms with van der Waals surface area (Å²) in [7, 11) is 0. The fraction of sp³-hybridized carbons (Fsp3) is 0.467. The molecule has 1 aromatic heterocycles. The zero-order valence-electron chi connectivity index (χ0n) is 12.7. The predicted octanol–water partition coefficient (Wildman–Crippen LogP) is 2.98. The van der Waals surface area contributed by atoms with Gasteiger partial charge in [0.25, 0.3) is 0 Å². The van der Waals surface area contributed by atoms with E-state index >= 15 is 0 Å². The van der Waals surface area contributed by atoms with Crippen molar-refractivity contribution in [3.63, 3.8) is 0 Å². The number of carbonyl (C=O) groups excluding carboxylic acids is 1. The van der Waals surface area contributed by atoms with Crippen LogP contribution in [-0.2, 0) is 4.79 Å². The Morgan fingerprint density at radius 2 is 2.10 bits per heavy atom. The number of aromatic nitrogens is 1. The first kappa shape index (κ1) is 15.6. The second-order valence-corrected chi connectivity index (χ2v) is 5.53. The molecule has 1 N–H and O–H groups in total. The number of nitrogens with one attached hydrogen (secondary N) is 1.